The lowest BCUT2D eigenvalue weighted by atomic mass is 9.99. The topological polar surface area (TPSA) is 62.3 Å². The number of hydrogen-bond acceptors (Lipinski definition) is 4. The molecular formula is C13H27N3O. The van der Waals surface area contributed by atoms with Gasteiger partial charge in [0.25, 0.3) is 0 Å². The molecule has 0 spiro atoms. The van der Waals surface area contributed by atoms with E-state index in [0.29, 0.717) is 6.04 Å². The predicted molar refractivity (Wildman–Crippen MR) is 70.6 cm³/mol. The molecule has 0 aromatic rings. The Morgan fingerprint density at radius 2 is 2.12 bits per heavy atom. The molecule has 0 fully saturated rings. The minimum atomic E-state index is -0.692. The molecular weight excluding hydrogens is 214 g/mol. The van der Waals surface area contributed by atoms with E-state index in [2.05, 4.69) is 24.8 Å². The Balaban J connectivity index is 4.04. The van der Waals surface area contributed by atoms with Crippen molar-refractivity contribution in [3.8, 4) is 6.07 Å². The molecule has 0 amide bonds. The average Bonchev–Trinajstić information content (AvgIpc) is 2.32. The summed E-state index contributed by atoms with van der Waals surface area (Å²) in [5.74, 6) is 0. The van der Waals surface area contributed by atoms with Crippen LogP contribution in [0.2, 0.25) is 0 Å². The van der Waals surface area contributed by atoms with Crippen molar-refractivity contribution in [1.29, 1.82) is 5.26 Å². The lowest BCUT2D eigenvalue weighted by molar-refractivity contribution is 0.120. The number of ether oxygens (including phenoxy) is 1. The predicted octanol–water partition coefficient (Wildman–Crippen LogP) is 1.75. The van der Waals surface area contributed by atoms with Crippen LogP contribution < -0.4 is 5.73 Å². The molecule has 0 bridgehead atoms. The summed E-state index contributed by atoms with van der Waals surface area (Å²) in [4.78, 5) is 2.40. The molecule has 4 nitrogen and oxygen atoms in total. The van der Waals surface area contributed by atoms with Gasteiger partial charge in [-0.1, -0.05) is 6.92 Å². The van der Waals surface area contributed by atoms with Crippen LogP contribution >= 0.6 is 0 Å². The molecule has 0 radical (unpaired) electrons. The molecule has 4 heteroatoms. The lowest BCUT2D eigenvalue weighted by Crippen LogP contribution is -2.39. The van der Waals surface area contributed by atoms with Gasteiger partial charge in [-0.3, -0.25) is 4.90 Å². The fourth-order valence-corrected chi connectivity index (χ4v) is 1.72. The highest BCUT2D eigenvalue weighted by Gasteiger charge is 2.18. The summed E-state index contributed by atoms with van der Waals surface area (Å²) in [7, 11) is 1.72. The summed E-state index contributed by atoms with van der Waals surface area (Å²) in [5.41, 5.74) is 5.11. The van der Waals surface area contributed by atoms with E-state index in [1.165, 1.54) is 0 Å². The van der Waals surface area contributed by atoms with Gasteiger partial charge in [-0.15, -0.1) is 0 Å². The van der Waals surface area contributed by atoms with E-state index in [4.69, 9.17) is 15.7 Å². The number of hydrogen-bond donors (Lipinski definition) is 1. The van der Waals surface area contributed by atoms with Gasteiger partial charge >= 0.3 is 0 Å². The molecule has 2 N–H and O–H groups in total. The van der Waals surface area contributed by atoms with Gasteiger partial charge in [-0.05, 0) is 39.7 Å². The molecule has 0 rings (SSSR count). The van der Waals surface area contributed by atoms with Crippen LogP contribution in [0.3, 0.4) is 0 Å². The van der Waals surface area contributed by atoms with Crippen LogP contribution in [-0.2, 0) is 4.74 Å². The van der Waals surface area contributed by atoms with E-state index >= 15 is 0 Å². The van der Waals surface area contributed by atoms with Crippen molar-refractivity contribution < 1.29 is 4.74 Å². The van der Waals surface area contributed by atoms with Crippen molar-refractivity contribution in [1.82, 2.24) is 4.90 Å². The Morgan fingerprint density at radius 3 is 2.59 bits per heavy atom. The monoisotopic (exact) mass is 241 g/mol. The average molecular weight is 241 g/mol. The number of methoxy groups -OCH3 is 1. The van der Waals surface area contributed by atoms with E-state index in [1.807, 2.05) is 0 Å². The summed E-state index contributed by atoms with van der Waals surface area (Å²) in [6, 6.07) is 2.69. The molecule has 0 aliphatic heterocycles. The highest BCUT2D eigenvalue weighted by atomic mass is 16.5. The Morgan fingerprint density at radius 1 is 1.47 bits per heavy atom. The van der Waals surface area contributed by atoms with Gasteiger partial charge in [-0.25, -0.2) is 0 Å². The van der Waals surface area contributed by atoms with Gasteiger partial charge in [0.15, 0.2) is 0 Å². The molecule has 100 valence electrons. The number of rotatable bonds is 9. The van der Waals surface area contributed by atoms with Crippen molar-refractivity contribution in [3.05, 3.63) is 0 Å². The third-order valence-corrected chi connectivity index (χ3v) is 3.19. The summed E-state index contributed by atoms with van der Waals surface area (Å²) in [6.07, 6.45) is 2.82. The van der Waals surface area contributed by atoms with Gasteiger partial charge in [0.2, 0.25) is 0 Å². The molecule has 0 heterocycles. The number of nitrogens with two attached hydrogens (primary N) is 1. The highest BCUT2D eigenvalue weighted by Crippen LogP contribution is 2.10. The molecule has 2 atom stereocenters. The zero-order chi connectivity index (χ0) is 13.3. The van der Waals surface area contributed by atoms with Crippen molar-refractivity contribution in [2.75, 3.05) is 26.8 Å². The van der Waals surface area contributed by atoms with Crippen LogP contribution in [0.15, 0.2) is 0 Å². The maximum atomic E-state index is 8.85. The Bertz CT molecular complexity index is 235. The first kappa shape index (κ1) is 16.4. The second kappa shape index (κ2) is 8.46. The molecule has 0 aliphatic rings. The number of nitrogens with zero attached hydrogens (tertiary/aromatic N) is 2. The third-order valence-electron chi connectivity index (χ3n) is 3.19. The fourth-order valence-electron chi connectivity index (χ4n) is 1.72. The van der Waals surface area contributed by atoms with Gasteiger partial charge in [0.1, 0.15) is 5.54 Å². The maximum absolute atomic E-state index is 8.85. The summed E-state index contributed by atoms with van der Waals surface area (Å²) < 4.78 is 5.12. The zero-order valence-electron chi connectivity index (χ0n) is 11.7. The maximum Gasteiger partial charge on any atom is 0.101 e. The summed E-state index contributed by atoms with van der Waals surface area (Å²) in [5, 5.41) is 8.85. The molecule has 0 saturated heterocycles. The van der Waals surface area contributed by atoms with Crippen LogP contribution in [0.4, 0.5) is 0 Å². The third kappa shape index (κ3) is 7.32. The van der Waals surface area contributed by atoms with Gasteiger partial charge in [0.05, 0.1) is 12.7 Å². The largest absolute Gasteiger partial charge is 0.383 e. The second-order valence-corrected chi connectivity index (χ2v) is 4.92. The van der Waals surface area contributed by atoms with Crippen molar-refractivity contribution in [2.45, 2.75) is 51.6 Å². The van der Waals surface area contributed by atoms with Gasteiger partial charge in [-0.2, -0.15) is 5.26 Å². The van der Waals surface area contributed by atoms with Crippen molar-refractivity contribution in [3.63, 3.8) is 0 Å². The molecule has 2 unspecified atom stereocenters. The number of nitriles is 1. The minimum absolute atomic E-state index is 0.552. The Labute approximate surface area is 106 Å². The van der Waals surface area contributed by atoms with Crippen LogP contribution in [-0.4, -0.2) is 43.3 Å². The standard InChI is InChI=1S/C13H27N3O/c1-5-12(2)16(9-10-17-4)8-6-7-13(3,15)11-14/h12H,5-10,15H2,1-4H3. The second-order valence-electron chi connectivity index (χ2n) is 4.92. The van der Waals surface area contributed by atoms with Gasteiger partial charge < -0.3 is 10.5 Å². The first-order valence-corrected chi connectivity index (χ1v) is 6.40. The van der Waals surface area contributed by atoms with Crippen LogP contribution in [0, 0.1) is 11.3 Å². The molecule has 17 heavy (non-hydrogen) atoms. The molecule has 0 saturated carbocycles. The summed E-state index contributed by atoms with van der Waals surface area (Å²) in [6.45, 7) is 8.87. The first-order valence-electron chi connectivity index (χ1n) is 6.40. The van der Waals surface area contributed by atoms with Gasteiger partial charge in [0, 0.05) is 19.7 Å². The quantitative estimate of drug-likeness (QED) is 0.668. The van der Waals surface area contributed by atoms with E-state index < -0.39 is 5.54 Å². The normalized spacial score (nSPS) is 16.5. The Hall–Kier alpha value is -0.630. The van der Waals surface area contributed by atoms with E-state index in [0.717, 1.165) is 39.0 Å². The zero-order valence-corrected chi connectivity index (χ0v) is 11.7. The summed E-state index contributed by atoms with van der Waals surface area (Å²) >= 11 is 0. The molecule has 0 aromatic carbocycles. The van der Waals surface area contributed by atoms with E-state index in [-0.39, 0.29) is 0 Å². The van der Waals surface area contributed by atoms with E-state index in [1.54, 1.807) is 14.0 Å². The lowest BCUT2D eigenvalue weighted by Gasteiger charge is -2.29. The first-order chi connectivity index (χ1) is 7.96. The Kier molecular flexibility index (Phi) is 8.15. The van der Waals surface area contributed by atoms with E-state index in [9.17, 15) is 0 Å². The highest BCUT2D eigenvalue weighted by molar-refractivity contribution is 5.00. The van der Waals surface area contributed by atoms with Crippen LogP contribution in [0.5, 0.6) is 0 Å². The molecule has 0 aliphatic carbocycles. The van der Waals surface area contributed by atoms with Crippen molar-refractivity contribution in [2.24, 2.45) is 5.73 Å². The SMILES string of the molecule is CCC(C)N(CCCC(C)(N)C#N)CCOC. The van der Waals surface area contributed by atoms with Crippen molar-refractivity contribution >= 4 is 0 Å². The van der Waals surface area contributed by atoms with Crippen LogP contribution in [0.1, 0.15) is 40.0 Å². The molecule has 0 aromatic heterocycles. The van der Waals surface area contributed by atoms with Crippen LogP contribution in [0.25, 0.3) is 0 Å². The smallest absolute Gasteiger partial charge is 0.101 e. The fraction of sp³-hybridized carbons (Fsp3) is 0.923. The minimum Gasteiger partial charge on any atom is -0.383 e.